The van der Waals surface area contributed by atoms with Crippen LogP contribution in [0, 0.1) is 0 Å². The molecule has 0 rings (SSSR count). The Morgan fingerprint density at radius 1 is 1.15 bits per heavy atom. The van der Waals surface area contributed by atoms with Gasteiger partial charge >= 0.3 is 0 Å². The third kappa shape index (κ3) is 3.55. The second kappa shape index (κ2) is 5.48. The van der Waals surface area contributed by atoms with Crippen molar-refractivity contribution in [1.29, 1.82) is 0 Å². The molecule has 0 aliphatic rings. The van der Waals surface area contributed by atoms with E-state index in [4.69, 9.17) is 37.1 Å². The van der Waals surface area contributed by atoms with Crippen LogP contribution >= 0.6 is 11.6 Å². The number of halogens is 1. The van der Waals surface area contributed by atoms with E-state index in [0.29, 0.717) is 0 Å². The minimum Gasteiger partial charge on any atom is -0.394 e. The molecule has 5 N–H and O–H groups in total. The molecule has 6 nitrogen and oxygen atoms in total. The van der Waals surface area contributed by atoms with Crippen LogP contribution in [0.15, 0.2) is 0 Å². The topological polar surface area (TPSA) is 118 Å². The maximum Gasteiger partial charge on any atom is 0.196 e. The SMILES string of the molecule is O=C([C@@H](O)C(O)Cl)[C@@H](O)[C@H](O)CO. The van der Waals surface area contributed by atoms with Gasteiger partial charge in [-0.25, -0.2) is 0 Å². The summed E-state index contributed by atoms with van der Waals surface area (Å²) in [4.78, 5) is 10.9. The number of carbonyl (C=O) groups excluding carboxylic acids is 1. The summed E-state index contributed by atoms with van der Waals surface area (Å²) >= 11 is 4.94. The van der Waals surface area contributed by atoms with Crippen molar-refractivity contribution < 1.29 is 30.3 Å². The fourth-order valence-corrected chi connectivity index (χ4v) is 0.724. The molecular formula is C6H11ClO6. The first kappa shape index (κ1) is 12.8. The van der Waals surface area contributed by atoms with E-state index in [1.165, 1.54) is 0 Å². The van der Waals surface area contributed by atoms with E-state index in [1.54, 1.807) is 0 Å². The van der Waals surface area contributed by atoms with Gasteiger partial charge < -0.3 is 25.5 Å². The highest BCUT2D eigenvalue weighted by atomic mass is 35.5. The molecule has 0 spiro atoms. The van der Waals surface area contributed by atoms with Crippen molar-refractivity contribution >= 4 is 17.4 Å². The van der Waals surface area contributed by atoms with Crippen LogP contribution in [0.1, 0.15) is 0 Å². The van der Waals surface area contributed by atoms with Gasteiger partial charge in [-0.1, -0.05) is 11.6 Å². The molecule has 78 valence electrons. The van der Waals surface area contributed by atoms with E-state index in [0.717, 1.165) is 0 Å². The lowest BCUT2D eigenvalue weighted by Gasteiger charge is -2.18. The quantitative estimate of drug-likeness (QED) is 0.315. The van der Waals surface area contributed by atoms with E-state index in [1.807, 2.05) is 0 Å². The zero-order chi connectivity index (χ0) is 10.6. The molecule has 0 aromatic heterocycles. The smallest absolute Gasteiger partial charge is 0.196 e. The summed E-state index contributed by atoms with van der Waals surface area (Å²) in [5.41, 5.74) is -1.85. The van der Waals surface area contributed by atoms with Crippen molar-refractivity contribution in [1.82, 2.24) is 0 Å². The number of aliphatic hydroxyl groups excluding tert-OH is 5. The van der Waals surface area contributed by atoms with Crippen molar-refractivity contribution in [3.05, 3.63) is 0 Å². The van der Waals surface area contributed by atoms with E-state index in [-0.39, 0.29) is 0 Å². The molecule has 0 fully saturated rings. The maximum atomic E-state index is 10.9. The number of alkyl halides is 1. The highest BCUT2D eigenvalue weighted by Gasteiger charge is 2.32. The Morgan fingerprint density at radius 3 is 1.92 bits per heavy atom. The molecule has 0 saturated carbocycles. The summed E-state index contributed by atoms with van der Waals surface area (Å²) in [6.45, 7) is -0.835. The molecule has 0 saturated heterocycles. The molecule has 7 heteroatoms. The second-order valence-corrected chi connectivity index (χ2v) is 2.86. The second-order valence-electron chi connectivity index (χ2n) is 2.41. The zero-order valence-corrected chi connectivity index (χ0v) is 7.29. The highest BCUT2D eigenvalue weighted by molar-refractivity contribution is 6.21. The number of carbonyl (C=O) groups is 1. The average Bonchev–Trinajstić information content (AvgIpc) is 2.12. The Bertz CT molecular complexity index is 173. The molecule has 0 aliphatic carbocycles. The van der Waals surface area contributed by atoms with Gasteiger partial charge in [0.25, 0.3) is 0 Å². The van der Waals surface area contributed by atoms with Gasteiger partial charge in [0, 0.05) is 0 Å². The third-order valence-corrected chi connectivity index (χ3v) is 1.63. The third-order valence-electron chi connectivity index (χ3n) is 1.40. The van der Waals surface area contributed by atoms with E-state index in [9.17, 15) is 4.79 Å². The van der Waals surface area contributed by atoms with Crippen LogP contribution < -0.4 is 0 Å². The van der Waals surface area contributed by atoms with Gasteiger partial charge in [-0.3, -0.25) is 4.79 Å². The summed E-state index contributed by atoms with van der Waals surface area (Å²) in [7, 11) is 0. The number of hydrogen-bond donors (Lipinski definition) is 5. The first-order valence-corrected chi connectivity index (χ1v) is 3.86. The normalized spacial score (nSPS) is 20.5. The van der Waals surface area contributed by atoms with Gasteiger partial charge in [-0.15, -0.1) is 0 Å². The number of aliphatic hydroxyl groups is 5. The van der Waals surface area contributed by atoms with Gasteiger partial charge in [-0.2, -0.15) is 0 Å². The van der Waals surface area contributed by atoms with E-state index >= 15 is 0 Å². The predicted octanol–water partition coefficient (Wildman–Crippen LogP) is -2.81. The highest BCUT2D eigenvalue weighted by Crippen LogP contribution is 2.05. The molecule has 4 atom stereocenters. The van der Waals surface area contributed by atoms with Crippen LogP contribution in [0.4, 0.5) is 0 Å². The Hall–Kier alpha value is -0.240. The molecule has 0 radical (unpaired) electrons. The fraction of sp³-hybridized carbons (Fsp3) is 0.833. The van der Waals surface area contributed by atoms with E-state index in [2.05, 4.69) is 0 Å². The molecule has 0 aromatic carbocycles. The average molecular weight is 215 g/mol. The first-order valence-electron chi connectivity index (χ1n) is 3.42. The van der Waals surface area contributed by atoms with Crippen LogP contribution in [0.5, 0.6) is 0 Å². The van der Waals surface area contributed by atoms with Crippen LogP contribution in [0.2, 0.25) is 0 Å². The van der Waals surface area contributed by atoms with Gasteiger partial charge in [-0.05, 0) is 0 Å². The number of hydrogen-bond acceptors (Lipinski definition) is 6. The predicted molar refractivity (Wildman–Crippen MR) is 42.0 cm³/mol. The largest absolute Gasteiger partial charge is 0.394 e. The van der Waals surface area contributed by atoms with Gasteiger partial charge in [0.2, 0.25) is 0 Å². The standard InChI is InChI=1S/C6H11ClO6/c7-6(13)5(12)4(11)3(10)2(9)1-8/h2-3,5-6,8-10,12-13H,1H2/t2-,3+,5-,6?/m1/s1. The molecule has 0 heterocycles. The molecule has 13 heavy (non-hydrogen) atoms. The molecular weight excluding hydrogens is 204 g/mol. The minimum atomic E-state index is -1.99. The fourth-order valence-electron chi connectivity index (χ4n) is 0.600. The van der Waals surface area contributed by atoms with Crippen LogP contribution in [-0.4, -0.2) is 61.8 Å². The number of Topliss-reactive ketones (excluding diaryl/α,β-unsaturated/α-hetero) is 1. The summed E-state index contributed by atoms with van der Waals surface area (Å²) in [5, 5.41) is 43.4. The van der Waals surface area contributed by atoms with Gasteiger partial charge in [0.1, 0.15) is 12.2 Å². The lowest BCUT2D eigenvalue weighted by atomic mass is 10.1. The molecule has 0 aliphatic heterocycles. The zero-order valence-electron chi connectivity index (χ0n) is 6.54. The van der Waals surface area contributed by atoms with Crippen molar-refractivity contribution in [2.75, 3.05) is 6.61 Å². The first-order chi connectivity index (χ1) is 5.91. The Kier molecular flexibility index (Phi) is 5.38. The summed E-state index contributed by atoms with van der Waals surface area (Å²) < 4.78 is 0. The lowest BCUT2D eigenvalue weighted by Crippen LogP contribution is -2.45. The Labute approximate surface area is 79.0 Å². The van der Waals surface area contributed by atoms with Crippen molar-refractivity contribution in [3.8, 4) is 0 Å². The summed E-state index contributed by atoms with van der Waals surface area (Å²) in [5.74, 6) is -1.25. The Morgan fingerprint density at radius 2 is 1.62 bits per heavy atom. The van der Waals surface area contributed by atoms with Crippen LogP contribution in [-0.2, 0) is 4.79 Å². The van der Waals surface area contributed by atoms with Crippen LogP contribution in [0.3, 0.4) is 0 Å². The summed E-state index contributed by atoms with van der Waals surface area (Å²) in [6, 6.07) is 0. The molecule has 0 bridgehead atoms. The lowest BCUT2D eigenvalue weighted by molar-refractivity contribution is -0.146. The van der Waals surface area contributed by atoms with E-state index < -0.39 is 36.3 Å². The van der Waals surface area contributed by atoms with Gasteiger partial charge in [0.05, 0.1) is 6.61 Å². The van der Waals surface area contributed by atoms with Crippen molar-refractivity contribution in [2.45, 2.75) is 23.9 Å². The van der Waals surface area contributed by atoms with Crippen molar-refractivity contribution in [3.63, 3.8) is 0 Å². The molecule has 0 aromatic rings. The number of ketones is 1. The van der Waals surface area contributed by atoms with Crippen LogP contribution in [0.25, 0.3) is 0 Å². The molecule has 1 unspecified atom stereocenters. The summed E-state index contributed by atoms with van der Waals surface area (Å²) in [6.07, 6.45) is -5.65. The minimum absolute atomic E-state index is 0.835. The molecule has 0 amide bonds. The number of rotatable bonds is 5. The maximum absolute atomic E-state index is 10.9. The van der Waals surface area contributed by atoms with Crippen molar-refractivity contribution in [2.24, 2.45) is 0 Å². The van der Waals surface area contributed by atoms with Gasteiger partial charge in [0.15, 0.2) is 17.5 Å². The Balaban J connectivity index is 4.25. The monoisotopic (exact) mass is 214 g/mol.